The second-order valence-electron chi connectivity index (χ2n) is 12.1. The Morgan fingerprint density at radius 1 is 0.952 bits per heavy atom. The molecule has 2 atom stereocenters. The second kappa shape index (κ2) is 15.0. The van der Waals surface area contributed by atoms with Gasteiger partial charge in [0.05, 0.1) is 5.94 Å². The normalized spacial score (nSPS) is 18.4. The number of hydrogen-bond donors (Lipinski definition) is 2. The van der Waals surface area contributed by atoms with Gasteiger partial charge in [-0.15, -0.1) is 0 Å². The van der Waals surface area contributed by atoms with Gasteiger partial charge >= 0.3 is 7.12 Å². The van der Waals surface area contributed by atoms with Crippen molar-refractivity contribution in [3.8, 4) is 11.5 Å². The molecule has 9 heteroatoms. The van der Waals surface area contributed by atoms with Crippen LogP contribution in [-0.4, -0.2) is 64.3 Å². The smallest absolute Gasteiger partial charge is 0.480 e. The molecule has 1 aliphatic carbocycles. The number of amides is 1. The number of carbonyl (C=O) groups excluding carboxylic acids is 2. The standard InChI is InChI=1S/C33H45BN2O6/c1-23(2)20-32(34-41-16-14-35-15-17-42-34)36-33(38)26(21-24-10-13-30-31(22-24)40-19-18-39-30)11-12-29(37)28-9-5-7-25-6-3-4-8-27(25)28/h5,7,9-10,13,22-23,26,32,35H,3-4,6,8,11-12,14-21H2,1-2H3,(H,36,38)/t26-,32-/m0/s1. The number of ketones is 1. The molecule has 1 saturated heterocycles. The Labute approximate surface area is 250 Å². The number of nitrogens with one attached hydrogen (secondary N) is 2. The summed E-state index contributed by atoms with van der Waals surface area (Å²) in [6.07, 6.45) is 6.26. The van der Waals surface area contributed by atoms with Crippen LogP contribution in [0.15, 0.2) is 36.4 Å². The van der Waals surface area contributed by atoms with E-state index in [0.717, 1.165) is 55.6 Å². The molecule has 1 fully saturated rings. The van der Waals surface area contributed by atoms with Crippen molar-refractivity contribution in [2.45, 2.75) is 71.2 Å². The van der Waals surface area contributed by atoms with Crippen LogP contribution >= 0.6 is 0 Å². The first-order valence-electron chi connectivity index (χ1n) is 15.7. The van der Waals surface area contributed by atoms with E-state index in [9.17, 15) is 9.59 Å². The highest BCUT2D eigenvalue weighted by Crippen LogP contribution is 2.32. The first-order chi connectivity index (χ1) is 20.5. The summed E-state index contributed by atoms with van der Waals surface area (Å²) in [6.45, 7) is 7.84. The number of aryl methyl sites for hydroxylation is 1. The zero-order chi connectivity index (χ0) is 29.3. The molecule has 1 amide bonds. The van der Waals surface area contributed by atoms with E-state index in [0.29, 0.717) is 57.4 Å². The molecular weight excluding hydrogens is 531 g/mol. The quantitative estimate of drug-likeness (QED) is 0.303. The monoisotopic (exact) mass is 576 g/mol. The molecule has 2 aromatic rings. The van der Waals surface area contributed by atoms with Gasteiger partial charge in [-0.2, -0.15) is 0 Å². The van der Waals surface area contributed by atoms with E-state index >= 15 is 0 Å². The Bertz CT molecular complexity index is 1210. The Morgan fingerprint density at radius 2 is 1.71 bits per heavy atom. The lowest BCUT2D eigenvalue weighted by molar-refractivity contribution is -0.125. The van der Waals surface area contributed by atoms with Crippen LogP contribution in [0.25, 0.3) is 0 Å². The molecule has 2 aliphatic heterocycles. The van der Waals surface area contributed by atoms with Crippen molar-refractivity contribution in [2.75, 3.05) is 39.5 Å². The van der Waals surface area contributed by atoms with Gasteiger partial charge in [-0.05, 0) is 79.7 Å². The van der Waals surface area contributed by atoms with E-state index in [2.05, 4.69) is 30.5 Å². The van der Waals surface area contributed by atoms with Crippen molar-refractivity contribution in [3.63, 3.8) is 0 Å². The number of ether oxygens (including phenoxy) is 2. The minimum Gasteiger partial charge on any atom is -0.486 e. The Kier molecular flexibility index (Phi) is 10.9. The molecule has 8 nitrogen and oxygen atoms in total. The van der Waals surface area contributed by atoms with Gasteiger partial charge in [0.25, 0.3) is 0 Å². The molecule has 226 valence electrons. The largest absolute Gasteiger partial charge is 0.486 e. The minimum absolute atomic E-state index is 0.0779. The molecule has 3 aliphatic rings. The number of fused-ring (bicyclic) bond motifs is 2. The second-order valence-corrected chi connectivity index (χ2v) is 12.1. The molecule has 0 aromatic heterocycles. The lowest BCUT2D eigenvalue weighted by atomic mass is 9.73. The fourth-order valence-corrected chi connectivity index (χ4v) is 6.25. The number of Topliss-reactive ketones (excluding diaryl/α,β-unsaturated/α-hetero) is 1. The summed E-state index contributed by atoms with van der Waals surface area (Å²) in [5.74, 6) is 1.12. The fourth-order valence-electron chi connectivity index (χ4n) is 6.25. The average molecular weight is 577 g/mol. The van der Waals surface area contributed by atoms with Crippen molar-refractivity contribution >= 4 is 18.8 Å². The average Bonchev–Trinajstić information content (AvgIpc) is 2.98. The highest BCUT2D eigenvalue weighted by atomic mass is 16.6. The van der Waals surface area contributed by atoms with Crippen LogP contribution in [0.5, 0.6) is 11.5 Å². The molecule has 2 heterocycles. The zero-order valence-electron chi connectivity index (χ0n) is 25.1. The maximum Gasteiger partial charge on any atom is 0.480 e. The topological polar surface area (TPSA) is 95.1 Å². The van der Waals surface area contributed by atoms with Crippen LogP contribution < -0.4 is 20.1 Å². The summed E-state index contributed by atoms with van der Waals surface area (Å²) in [4.78, 5) is 27.6. The summed E-state index contributed by atoms with van der Waals surface area (Å²) in [5.41, 5.74) is 4.30. The van der Waals surface area contributed by atoms with Crippen molar-refractivity contribution in [3.05, 3.63) is 58.7 Å². The first-order valence-corrected chi connectivity index (χ1v) is 15.7. The summed E-state index contributed by atoms with van der Waals surface area (Å²) >= 11 is 0. The van der Waals surface area contributed by atoms with Crippen molar-refractivity contribution in [2.24, 2.45) is 11.8 Å². The van der Waals surface area contributed by atoms with Gasteiger partial charge in [-0.3, -0.25) is 9.59 Å². The molecule has 42 heavy (non-hydrogen) atoms. The summed E-state index contributed by atoms with van der Waals surface area (Å²) in [5, 5.41) is 6.55. The summed E-state index contributed by atoms with van der Waals surface area (Å²) in [6, 6.07) is 12.0. The SMILES string of the molecule is CC(C)C[C@H](NC(=O)[C@@H](CCC(=O)c1cccc2c1CCCC2)Cc1ccc2c(c1)OCCO2)B1OCCNCCO1. The minimum atomic E-state index is -0.508. The molecule has 5 rings (SSSR count). The summed E-state index contributed by atoms with van der Waals surface area (Å²) in [7, 11) is -0.508. The zero-order valence-corrected chi connectivity index (χ0v) is 25.1. The number of benzene rings is 2. The van der Waals surface area contributed by atoms with E-state index in [1.54, 1.807) is 0 Å². The maximum atomic E-state index is 14.0. The molecule has 0 spiro atoms. The Balaban J connectivity index is 1.33. The predicted octanol–water partition coefficient (Wildman–Crippen LogP) is 4.35. The molecular formula is C33H45BN2O6. The third-order valence-electron chi connectivity index (χ3n) is 8.38. The van der Waals surface area contributed by atoms with Crippen molar-refractivity contribution < 1.29 is 28.4 Å². The van der Waals surface area contributed by atoms with Crippen LogP contribution in [0.2, 0.25) is 0 Å². The van der Waals surface area contributed by atoms with Gasteiger partial charge in [-0.25, -0.2) is 0 Å². The van der Waals surface area contributed by atoms with E-state index in [1.165, 1.54) is 17.5 Å². The molecule has 0 bridgehead atoms. The van der Waals surface area contributed by atoms with Crippen molar-refractivity contribution in [1.29, 1.82) is 0 Å². The molecule has 2 aromatic carbocycles. The van der Waals surface area contributed by atoms with E-state index in [-0.39, 0.29) is 17.6 Å². The Morgan fingerprint density at radius 3 is 2.50 bits per heavy atom. The van der Waals surface area contributed by atoms with Gasteiger partial charge in [0.15, 0.2) is 17.3 Å². The van der Waals surface area contributed by atoms with Gasteiger partial charge in [0.2, 0.25) is 5.91 Å². The predicted molar refractivity (Wildman–Crippen MR) is 163 cm³/mol. The van der Waals surface area contributed by atoms with Crippen LogP contribution in [0.1, 0.15) is 73.0 Å². The third-order valence-corrected chi connectivity index (χ3v) is 8.38. The number of rotatable bonds is 11. The lowest BCUT2D eigenvalue weighted by Gasteiger charge is -2.29. The van der Waals surface area contributed by atoms with Crippen LogP contribution in [0.4, 0.5) is 0 Å². The lowest BCUT2D eigenvalue weighted by Crippen LogP contribution is -2.53. The highest BCUT2D eigenvalue weighted by Gasteiger charge is 2.35. The third kappa shape index (κ3) is 8.14. The highest BCUT2D eigenvalue weighted by molar-refractivity contribution is 6.47. The van der Waals surface area contributed by atoms with Crippen LogP contribution in [-0.2, 0) is 33.4 Å². The van der Waals surface area contributed by atoms with Gasteiger partial charge in [0, 0.05) is 44.2 Å². The number of carbonyl (C=O) groups is 2. The van der Waals surface area contributed by atoms with Crippen molar-refractivity contribution in [1.82, 2.24) is 10.6 Å². The number of hydrogen-bond acceptors (Lipinski definition) is 7. The first kappa shape index (κ1) is 30.6. The van der Waals surface area contributed by atoms with Crippen LogP contribution in [0.3, 0.4) is 0 Å². The molecule has 0 unspecified atom stereocenters. The summed E-state index contributed by atoms with van der Waals surface area (Å²) < 4.78 is 23.6. The van der Waals surface area contributed by atoms with Gasteiger partial charge in [-0.1, -0.05) is 38.1 Å². The fraction of sp³-hybridized carbons (Fsp3) is 0.576. The van der Waals surface area contributed by atoms with E-state index in [4.69, 9.17) is 18.8 Å². The maximum absolute atomic E-state index is 14.0. The Hall–Kier alpha value is -2.88. The molecule has 0 saturated carbocycles. The molecule has 0 radical (unpaired) electrons. The van der Waals surface area contributed by atoms with Crippen LogP contribution in [0, 0.1) is 11.8 Å². The van der Waals surface area contributed by atoms with Gasteiger partial charge < -0.3 is 29.4 Å². The van der Waals surface area contributed by atoms with E-state index < -0.39 is 13.0 Å². The van der Waals surface area contributed by atoms with Gasteiger partial charge in [0.1, 0.15) is 13.2 Å². The van der Waals surface area contributed by atoms with E-state index in [1.807, 2.05) is 30.3 Å². The molecule has 2 N–H and O–H groups in total.